The summed E-state index contributed by atoms with van der Waals surface area (Å²) in [5.74, 6) is 0.557. The summed E-state index contributed by atoms with van der Waals surface area (Å²) in [7, 11) is 0. The Balaban J connectivity index is 1.55. The third-order valence-corrected chi connectivity index (χ3v) is 7.09. The molecule has 3 nitrogen and oxygen atoms in total. The van der Waals surface area contributed by atoms with Gasteiger partial charge in [0.15, 0.2) is 0 Å². The molecule has 1 fully saturated rings. The molecule has 5 rings (SSSR count). The predicted molar refractivity (Wildman–Crippen MR) is 134 cm³/mol. The first-order chi connectivity index (χ1) is 15.2. The van der Waals surface area contributed by atoms with E-state index in [-0.39, 0.29) is 5.91 Å². The van der Waals surface area contributed by atoms with E-state index in [4.69, 9.17) is 17.0 Å². The van der Waals surface area contributed by atoms with Crippen molar-refractivity contribution in [1.82, 2.24) is 5.32 Å². The van der Waals surface area contributed by atoms with Gasteiger partial charge in [0.2, 0.25) is 0 Å². The number of carbonyl (C=O) groups is 1. The van der Waals surface area contributed by atoms with Crippen molar-refractivity contribution in [2.24, 2.45) is 0 Å². The molecular weight excluding hydrogens is 442 g/mol. The van der Waals surface area contributed by atoms with Crippen LogP contribution in [-0.4, -0.2) is 10.2 Å². The molecule has 4 aromatic rings. The van der Waals surface area contributed by atoms with Crippen molar-refractivity contribution in [2.75, 3.05) is 0 Å². The first kappa shape index (κ1) is 20.0. The molecule has 0 bridgehead atoms. The van der Waals surface area contributed by atoms with Crippen LogP contribution in [0.3, 0.4) is 0 Å². The highest BCUT2D eigenvalue weighted by atomic mass is 32.2. The molecule has 1 aliphatic rings. The molecule has 1 N–H and O–H groups in total. The third kappa shape index (κ3) is 4.28. The second kappa shape index (κ2) is 8.67. The molecule has 1 amide bonds. The van der Waals surface area contributed by atoms with Gasteiger partial charge in [-0.05, 0) is 40.8 Å². The first-order valence-electron chi connectivity index (χ1n) is 9.69. The highest BCUT2D eigenvalue weighted by Crippen LogP contribution is 2.37. The topological polar surface area (TPSA) is 38.3 Å². The summed E-state index contributed by atoms with van der Waals surface area (Å²) < 4.78 is 7.86. The maximum atomic E-state index is 12.2. The maximum absolute atomic E-state index is 12.2. The molecule has 0 unspecified atom stereocenters. The van der Waals surface area contributed by atoms with Gasteiger partial charge < -0.3 is 10.1 Å². The number of nitrogens with one attached hydrogen (secondary N) is 1. The number of hydrogen-bond acceptors (Lipinski definition) is 5. The van der Waals surface area contributed by atoms with Crippen LogP contribution >= 0.6 is 35.3 Å². The van der Waals surface area contributed by atoms with Gasteiger partial charge >= 0.3 is 0 Å². The van der Waals surface area contributed by atoms with Gasteiger partial charge in [0.25, 0.3) is 5.91 Å². The maximum Gasteiger partial charge on any atom is 0.263 e. The first-order valence-corrected chi connectivity index (χ1v) is 11.8. The number of rotatable bonds is 5. The lowest BCUT2D eigenvalue weighted by Crippen LogP contribution is -2.17. The molecule has 0 aliphatic carbocycles. The SMILES string of the molecule is O=C1NC(=S)S/C1=C\c1cc(-c2csc3ccccc23)ccc1OCc1ccccc1. The van der Waals surface area contributed by atoms with Gasteiger partial charge in [-0.3, -0.25) is 4.79 Å². The van der Waals surface area contributed by atoms with Crippen LogP contribution in [0.15, 0.2) is 83.1 Å². The highest BCUT2D eigenvalue weighted by molar-refractivity contribution is 8.26. The lowest BCUT2D eigenvalue weighted by Gasteiger charge is -2.12. The quantitative estimate of drug-likeness (QED) is 0.268. The molecular formula is C25H17NO2S3. The molecule has 1 aromatic heterocycles. The summed E-state index contributed by atoms with van der Waals surface area (Å²) in [4.78, 5) is 12.8. The smallest absolute Gasteiger partial charge is 0.263 e. The number of thiocarbonyl (C=S) groups is 1. The Hall–Kier alpha value is -2.93. The molecule has 152 valence electrons. The van der Waals surface area contributed by atoms with Gasteiger partial charge in [-0.15, -0.1) is 11.3 Å². The van der Waals surface area contributed by atoms with Crippen molar-refractivity contribution >= 4 is 61.7 Å². The van der Waals surface area contributed by atoms with Crippen LogP contribution in [0.4, 0.5) is 0 Å². The van der Waals surface area contributed by atoms with Crippen molar-refractivity contribution < 1.29 is 9.53 Å². The van der Waals surface area contributed by atoms with E-state index in [2.05, 4.69) is 47.1 Å². The van der Waals surface area contributed by atoms with Crippen LogP contribution in [-0.2, 0) is 11.4 Å². The summed E-state index contributed by atoms with van der Waals surface area (Å²) in [6, 6.07) is 24.5. The number of amides is 1. The molecule has 0 radical (unpaired) electrons. The Labute approximate surface area is 193 Å². The van der Waals surface area contributed by atoms with Crippen LogP contribution in [0, 0.1) is 0 Å². The Kier molecular flexibility index (Phi) is 5.59. The van der Waals surface area contributed by atoms with Gasteiger partial charge in [0, 0.05) is 21.2 Å². The van der Waals surface area contributed by atoms with Gasteiger partial charge in [-0.1, -0.05) is 78.6 Å². The zero-order chi connectivity index (χ0) is 21.2. The predicted octanol–water partition coefficient (Wildman–Crippen LogP) is 6.64. The van der Waals surface area contributed by atoms with Crippen molar-refractivity contribution in [3.05, 3.63) is 94.2 Å². The summed E-state index contributed by atoms with van der Waals surface area (Å²) in [5, 5.41) is 6.07. The van der Waals surface area contributed by atoms with Crippen molar-refractivity contribution in [1.29, 1.82) is 0 Å². The van der Waals surface area contributed by atoms with Crippen LogP contribution in [0.25, 0.3) is 27.3 Å². The summed E-state index contributed by atoms with van der Waals surface area (Å²) in [5.41, 5.74) is 4.20. The number of thioether (sulfide) groups is 1. The lowest BCUT2D eigenvalue weighted by atomic mass is 10.0. The minimum atomic E-state index is -0.171. The third-order valence-electron chi connectivity index (χ3n) is 4.97. The van der Waals surface area contributed by atoms with E-state index in [1.54, 1.807) is 11.3 Å². The largest absolute Gasteiger partial charge is 0.488 e. The van der Waals surface area contributed by atoms with Gasteiger partial charge in [-0.2, -0.15) is 0 Å². The van der Waals surface area contributed by atoms with E-state index in [0.29, 0.717) is 15.8 Å². The van der Waals surface area contributed by atoms with E-state index >= 15 is 0 Å². The Morgan fingerprint density at radius 1 is 1.00 bits per heavy atom. The fourth-order valence-electron chi connectivity index (χ4n) is 3.46. The molecule has 0 spiro atoms. The zero-order valence-electron chi connectivity index (χ0n) is 16.3. The number of ether oxygens (including phenoxy) is 1. The van der Waals surface area contributed by atoms with Crippen molar-refractivity contribution in [2.45, 2.75) is 6.61 Å². The standard InChI is InChI=1S/C25H17NO2S3/c27-24-23(31-25(29)26-24)13-18-12-17(20-15-30-22-9-5-4-8-19(20)22)10-11-21(18)28-14-16-6-2-1-3-7-16/h1-13,15H,14H2,(H,26,27,29)/b23-13-. The highest BCUT2D eigenvalue weighted by Gasteiger charge is 2.23. The molecule has 1 saturated heterocycles. The number of thiophene rings is 1. The molecule has 0 saturated carbocycles. The van der Waals surface area contributed by atoms with Gasteiger partial charge in [-0.25, -0.2) is 0 Å². The Morgan fingerprint density at radius 3 is 2.61 bits per heavy atom. The van der Waals surface area contributed by atoms with Crippen LogP contribution in [0.5, 0.6) is 5.75 Å². The van der Waals surface area contributed by atoms with E-state index < -0.39 is 0 Å². The van der Waals surface area contributed by atoms with Gasteiger partial charge in [0.1, 0.15) is 16.7 Å². The Bertz CT molecular complexity index is 1330. The van der Waals surface area contributed by atoms with Crippen LogP contribution < -0.4 is 10.1 Å². The van der Waals surface area contributed by atoms with Crippen molar-refractivity contribution in [3.63, 3.8) is 0 Å². The van der Waals surface area contributed by atoms with Crippen LogP contribution in [0.1, 0.15) is 11.1 Å². The summed E-state index contributed by atoms with van der Waals surface area (Å²) in [6.07, 6.45) is 1.86. The number of carbonyl (C=O) groups excluding carboxylic acids is 1. The average Bonchev–Trinajstić information content (AvgIpc) is 3.36. The minimum absolute atomic E-state index is 0.171. The summed E-state index contributed by atoms with van der Waals surface area (Å²) >= 11 is 8.15. The fraction of sp³-hybridized carbons (Fsp3) is 0.0400. The Morgan fingerprint density at radius 2 is 1.81 bits per heavy atom. The normalized spacial score (nSPS) is 14.9. The molecule has 1 aliphatic heterocycles. The molecule has 2 heterocycles. The van der Waals surface area contributed by atoms with E-state index in [0.717, 1.165) is 22.4 Å². The second-order valence-corrected chi connectivity index (χ2v) is 9.65. The number of benzene rings is 3. The van der Waals surface area contributed by atoms with E-state index in [1.165, 1.54) is 27.4 Å². The minimum Gasteiger partial charge on any atom is -0.488 e. The summed E-state index contributed by atoms with van der Waals surface area (Å²) in [6.45, 7) is 0.454. The van der Waals surface area contributed by atoms with E-state index in [9.17, 15) is 4.79 Å². The molecule has 31 heavy (non-hydrogen) atoms. The number of hydrogen-bond donors (Lipinski definition) is 1. The molecule has 3 aromatic carbocycles. The zero-order valence-corrected chi connectivity index (χ0v) is 18.8. The average molecular weight is 460 g/mol. The lowest BCUT2D eigenvalue weighted by molar-refractivity contribution is -0.115. The van der Waals surface area contributed by atoms with Gasteiger partial charge in [0.05, 0.1) is 4.91 Å². The fourth-order valence-corrected chi connectivity index (χ4v) is 5.46. The van der Waals surface area contributed by atoms with Crippen molar-refractivity contribution in [3.8, 4) is 16.9 Å². The number of fused-ring (bicyclic) bond motifs is 1. The molecule has 6 heteroatoms. The molecule has 0 atom stereocenters. The monoisotopic (exact) mass is 459 g/mol. The second-order valence-electron chi connectivity index (χ2n) is 7.02. The van der Waals surface area contributed by atoms with Crippen LogP contribution in [0.2, 0.25) is 0 Å². The van der Waals surface area contributed by atoms with E-state index in [1.807, 2.05) is 42.5 Å².